The molecule has 7 rings (SSSR count). The number of phenols is 1. The minimum absolute atomic E-state index is 0.00764. The number of aliphatic hydroxyl groups excluding tert-OH is 1. The molecule has 17 atom stereocenters. The van der Waals surface area contributed by atoms with Crippen molar-refractivity contribution in [2.45, 2.75) is 250 Å². The summed E-state index contributed by atoms with van der Waals surface area (Å²) >= 11 is 0. The van der Waals surface area contributed by atoms with Gasteiger partial charge in [0.05, 0.1) is 18.7 Å². The third-order valence-electron chi connectivity index (χ3n) is 21.5. The van der Waals surface area contributed by atoms with Crippen LogP contribution in [0.5, 0.6) is 5.75 Å². The van der Waals surface area contributed by atoms with Gasteiger partial charge < -0.3 is 93.8 Å². The fourth-order valence-corrected chi connectivity index (χ4v) is 14.6. The molecule has 0 aliphatic carbocycles. The third kappa shape index (κ3) is 25.0. The molecule has 4 aliphatic rings. The average Bonchev–Trinajstić information content (AvgIpc) is 1.68. The summed E-state index contributed by atoms with van der Waals surface area (Å²) in [6, 6.07) is 7.02. The van der Waals surface area contributed by atoms with Gasteiger partial charge in [0.1, 0.15) is 84.3 Å². The second kappa shape index (κ2) is 42.3. The predicted octanol–water partition coefficient (Wildman–Crippen LogP) is -0.146. The zero-order valence-corrected chi connectivity index (χ0v) is 66.2. The minimum Gasteiger partial charge on any atom is -0.508 e. The van der Waals surface area contributed by atoms with Crippen LogP contribution in [0.2, 0.25) is 0 Å². The first kappa shape index (κ1) is 89.6. The van der Waals surface area contributed by atoms with Crippen LogP contribution in [0.3, 0.4) is 0 Å². The molecular weight excluding hydrogens is 1460 g/mol. The van der Waals surface area contributed by atoms with Crippen LogP contribution in [0.25, 0.3) is 0 Å². The molecule has 14 amide bonds. The van der Waals surface area contributed by atoms with Crippen molar-refractivity contribution >= 4 is 88.7 Å². The normalized spacial score (nSPS) is 20.2. The van der Waals surface area contributed by atoms with Crippen LogP contribution in [-0.4, -0.2) is 247 Å². The van der Waals surface area contributed by atoms with Crippen molar-refractivity contribution in [2.24, 2.45) is 23.5 Å². The zero-order valence-electron chi connectivity index (χ0n) is 66.2. The number of benzene rings is 3. The molecule has 0 unspecified atom stereocenters. The molecule has 3 aromatic carbocycles. The van der Waals surface area contributed by atoms with E-state index in [0.29, 0.717) is 55.2 Å². The van der Waals surface area contributed by atoms with Crippen LogP contribution in [0, 0.1) is 17.8 Å². The van der Waals surface area contributed by atoms with E-state index in [1.54, 1.807) is 100 Å². The van der Waals surface area contributed by atoms with Crippen LogP contribution in [0.4, 0.5) is 0 Å². The lowest BCUT2D eigenvalue weighted by atomic mass is 9.97. The van der Waals surface area contributed by atoms with Gasteiger partial charge >= 0.3 is 5.97 Å². The van der Waals surface area contributed by atoms with Gasteiger partial charge in [0, 0.05) is 39.0 Å². The minimum atomic E-state index is -1.65. The average molecular weight is 1570 g/mol. The number of hydrogen-bond acceptors (Lipinski definition) is 18. The molecule has 0 spiro atoms. The lowest BCUT2D eigenvalue weighted by Gasteiger charge is -2.34. The summed E-state index contributed by atoms with van der Waals surface area (Å²) in [5.41, 5.74) is 8.17. The van der Waals surface area contributed by atoms with Crippen molar-refractivity contribution in [2.75, 3.05) is 32.7 Å². The molecule has 113 heavy (non-hydrogen) atoms. The molecule has 33 nitrogen and oxygen atoms in total. The molecule has 0 bridgehead atoms. The van der Waals surface area contributed by atoms with E-state index in [2.05, 4.69) is 53.2 Å². The predicted molar refractivity (Wildman–Crippen MR) is 414 cm³/mol. The van der Waals surface area contributed by atoms with Crippen molar-refractivity contribution in [3.8, 4) is 5.75 Å². The highest BCUT2D eigenvalue weighted by molar-refractivity contribution is 6.01. The smallest absolute Gasteiger partial charge is 0.326 e. The highest BCUT2D eigenvalue weighted by Crippen LogP contribution is 2.29. The Bertz CT molecular complexity index is 3850. The number of aromatic hydroxyl groups is 1. The first-order valence-corrected chi connectivity index (χ1v) is 39.4. The molecule has 3 aromatic rings. The van der Waals surface area contributed by atoms with Crippen LogP contribution in [0.1, 0.15) is 157 Å². The van der Waals surface area contributed by atoms with Crippen molar-refractivity contribution in [3.63, 3.8) is 0 Å². The molecule has 4 aliphatic heterocycles. The van der Waals surface area contributed by atoms with Crippen LogP contribution in [0.15, 0.2) is 84.9 Å². The van der Waals surface area contributed by atoms with Gasteiger partial charge in [-0.3, -0.25) is 67.1 Å². The standard InChI is InChI=1S/C80H115N15O18/c1-11-45(5)64(89-63(98)43-82-75(107)66(50(10)96)91-74(106)60-28-19-35-92(60)76(108)49(9)85-67(99)47(7)83-70(102)56(39-44(3)4)87-69(101)55(81)40-53-31-33-54(97)34-32-53)79(111)95-38-22-30-62(95)78(110)94-37-21-27-59(94)72(104)84-48(8)68(100)86-57(41-51-23-15-13-16-24-51)71(103)88-58(42-52-25-17-14-18-26-52)77(109)93-36-20-29-61(93)73(105)90-65(80(112)113)46(6)12-2/h13-18,23-26,31-34,44-50,55-62,64-66,96-97H,11-12,19-22,27-30,35-43,81H2,1-10H3,(H,82,107)(H,83,102)(H,84,104)(H,85,99)(H,86,100)(H,87,101)(H,88,103)(H,89,98)(H,90,105)(H,91,106)(H,112,113)/t45-,46-,47-,48-,49-,50+,55-,56-,57-,58-,59-,60-,61-,62-,64-,65-,66-/m0/s1. The zero-order chi connectivity index (χ0) is 83.1. The number of carboxylic acid groups (broad SMARTS) is 1. The molecule has 0 saturated carbocycles. The Hall–Kier alpha value is -10.6. The number of nitrogens with two attached hydrogens (primary N) is 1. The number of aliphatic hydroxyl groups is 1. The van der Waals surface area contributed by atoms with Gasteiger partial charge in [-0.1, -0.05) is 127 Å². The Labute approximate surface area is 659 Å². The summed E-state index contributed by atoms with van der Waals surface area (Å²) in [7, 11) is 0. The van der Waals surface area contributed by atoms with Crippen LogP contribution < -0.4 is 58.9 Å². The monoisotopic (exact) mass is 1570 g/mol. The first-order chi connectivity index (χ1) is 53.6. The topological polar surface area (TPSA) is 476 Å². The number of phenolic OH excluding ortho intramolecular Hbond substituents is 1. The van der Waals surface area contributed by atoms with Gasteiger partial charge in [-0.05, 0) is 138 Å². The highest BCUT2D eigenvalue weighted by Gasteiger charge is 2.47. The highest BCUT2D eigenvalue weighted by atomic mass is 16.4. The van der Waals surface area contributed by atoms with E-state index in [0.717, 1.165) is 0 Å². The van der Waals surface area contributed by atoms with Crippen molar-refractivity contribution in [1.82, 2.24) is 72.8 Å². The molecule has 15 N–H and O–H groups in total. The SMILES string of the molecule is CC[C@H](C)[C@H](NC(=O)[C@@H]1CCCN1C(=O)[C@H](Cc1ccccc1)NC(=O)[C@H](Cc1ccccc1)NC(=O)[C@H](C)NC(=O)[C@@H]1CCCN1C(=O)[C@@H]1CCCN1C(=O)[C@@H](NC(=O)CNC(=O)[C@@H](NC(=O)[C@@H]1CCCN1C(=O)[C@H](C)NC(=O)[C@H](C)NC(=O)[C@H](CC(C)C)NC(=O)[C@@H](N)Cc1ccc(O)cc1)[C@@H](C)O)[C@@H](C)CC)C(=O)O. The lowest BCUT2D eigenvalue weighted by Crippen LogP contribution is -2.60. The summed E-state index contributed by atoms with van der Waals surface area (Å²) < 4.78 is 0. The molecule has 4 fully saturated rings. The fourth-order valence-electron chi connectivity index (χ4n) is 14.6. The Kier molecular flexibility index (Phi) is 33.6. The number of rotatable bonds is 38. The number of carbonyl (C=O) groups excluding carboxylic acids is 14. The molecule has 4 saturated heterocycles. The van der Waals surface area contributed by atoms with Gasteiger partial charge in [-0.15, -0.1) is 0 Å². The quantitative estimate of drug-likeness (QED) is 0.0355. The van der Waals surface area contributed by atoms with Gasteiger partial charge in [-0.2, -0.15) is 0 Å². The van der Waals surface area contributed by atoms with Gasteiger partial charge in [0.25, 0.3) is 0 Å². The number of carbonyl (C=O) groups is 15. The number of amides is 14. The Balaban J connectivity index is 0.922. The van der Waals surface area contributed by atoms with E-state index in [1.807, 2.05) is 13.8 Å². The van der Waals surface area contributed by atoms with E-state index < -0.39 is 198 Å². The summed E-state index contributed by atoms with van der Waals surface area (Å²) in [6.07, 6.45) is 1.97. The van der Waals surface area contributed by atoms with E-state index in [-0.39, 0.29) is 89.2 Å². The van der Waals surface area contributed by atoms with Gasteiger partial charge in [0.2, 0.25) is 82.7 Å². The second-order valence-electron chi connectivity index (χ2n) is 30.7. The Morgan fingerprint density at radius 2 is 0.850 bits per heavy atom. The number of nitrogens with zero attached hydrogens (tertiary/aromatic N) is 4. The maximum Gasteiger partial charge on any atom is 0.326 e. The molecule has 4 heterocycles. The molecular formula is C80H115N15O18. The summed E-state index contributed by atoms with van der Waals surface area (Å²) in [4.78, 5) is 214. The van der Waals surface area contributed by atoms with Gasteiger partial charge in [0.15, 0.2) is 0 Å². The molecule has 0 aromatic heterocycles. The summed E-state index contributed by atoms with van der Waals surface area (Å²) in [6.45, 7) is 15.9. The Morgan fingerprint density at radius 3 is 1.38 bits per heavy atom. The number of carboxylic acids is 1. The van der Waals surface area contributed by atoms with E-state index >= 15 is 0 Å². The van der Waals surface area contributed by atoms with Gasteiger partial charge in [-0.25, -0.2) is 4.79 Å². The third-order valence-corrected chi connectivity index (χ3v) is 21.5. The van der Waals surface area contributed by atoms with Crippen molar-refractivity contribution in [3.05, 3.63) is 102 Å². The molecule has 0 radical (unpaired) electrons. The number of aliphatic carboxylic acids is 1. The second-order valence-corrected chi connectivity index (χ2v) is 30.7. The maximum atomic E-state index is 14.7. The maximum absolute atomic E-state index is 14.7. The van der Waals surface area contributed by atoms with Crippen molar-refractivity contribution < 1.29 is 87.2 Å². The van der Waals surface area contributed by atoms with E-state index in [4.69, 9.17) is 5.73 Å². The Morgan fingerprint density at radius 1 is 0.425 bits per heavy atom. The largest absolute Gasteiger partial charge is 0.508 e. The molecule has 618 valence electrons. The van der Waals surface area contributed by atoms with E-state index in [1.165, 1.54) is 59.4 Å². The number of likely N-dealkylation sites (tertiary alicyclic amines) is 4. The lowest BCUT2D eigenvalue weighted by molar-refractivity contribution is -0.148. The van der Waals surface area contributed by atoms with E-state index in [9.17, 15) is 87.2 Å². The number of hydrogen-bond donors (Lipinski definition) is 14. The van der Waals surface area contributed by atoms with Crippen LogP contribution in [-0.2, 0) is 91.2 Å². The van der Waals surface area contributed by atoms with Crippen molar-refractivity contribution in [1.29, 1.82) is 0 Å². The first-order valence-electron chi connectivity index (χ1n) is 39.4. The molecule has 33 heteroatoms. The fraction of sp³-hybridized carbons (Fsp3) is 0.588. The summed E-state index contributed by atoms with van der Waals surface area (Å²) in [5, 5.41) is 56.8. The summed E-state index contributed by atoms with van der Waals surface area (Å²) in [5.74, 6) is -12.0. The number of nitrogens with one attached hydrogen (secondary N) is 10. The van der Waals surface area contributed by atoms with Crippen LogP contribution >= 0.6 is 0 Å².